The number of fused-ring (bicyclic) bond motifs is 1. The van der Waals surface area contributed by atoms with Gasteiger partial charge in [0.25, 0.3) is 10.1 Å². The number of Topliss-reactive ketones (excluding diaryl/α,β-unsaturated/α-hetero) is 1. The van der Waals surface area contributed by atoms with Crippen LogP contribution in [0.4, 0.5) is 5.82 Å². The Hall–Kier alpha value is -2.11. The highest BCUT2D eigenvalue weighted by Gasteiger charge is 2.30. The number of nitrogen functional groups attached to an aromatic ring is 1. The van der Waals surface area contributed by atoms with Crippen molar-refractivity contribution >= 4 is 32.9 Å². The van der Waals surface area contributed by atoms with Crippen molar-refractivity contribution in [3.8, 4) is 0 Å². The second-order valence-electron chi connectivity index (χ2n) is 7.37. The van der Waals surface area contributed by atoms with Gasteiger partial charge in [0.1, 0.15) is 23.8 Å². The Morgan fingerprint density at radius 2 is 2.17 bits per heavy atom. The van der Waals surface area contributed by atoms with Gasteiger partial charge in [-0.05, 0) is 19.3 Å². The summed E-state index contributed by atoms with van der Waals surface area (Å²) in [6.07, 6.45) is 5.99. The van der Waals surface area contributed by atoms with Gasteiger partial charge in [-0.2, -0.15) is 8.42 Å². The molecule has 2 aromatic heterocycles. The zero-order valence-corrected chi connectivity index (χ0v) is 17.5. The third kappa shape index (κ3) is 5.28. The molecule has 3 rings (SSSR count). The van der Waals surface area contributed by atoms with Gasteiger partial charge < -0.3 is 10.5 Å². The molecule has 3 heterocycles. The number of aromatic nitrogens is 4. The van der Waals surface area contributed by atoms with Crippen molar-refractivity contribution in [3.63, 3.8) is 0 Å². The molecule has 160 valence electrons. The largest absolute Gasteiger partial charge is 0.382 e. The number of rotatable bonds is 10. The van der Waals surface area contributed by atoms with Crippen LogP contribution in [0.15, 0.2) is 12.7 Å². The molecule has 1 fully saturated rings. The second-order valence-corrected chi connectivity index (χ2v) is 9.01. The molecule has 0 bridgehead atoms. The summed E-state index contributed by atoms with van der Waals surface area (Å²) >= 11 is 0. The Bertz CT molecular complexity index is 961. The third-order valence-corrected chi connectivity index (χ3v) is 6.21. The van der Waals surface area contributed by atoms with Gasteiger partial charge in [-0.15, -0.1) is 0 Å². The first-order valence-corrected chi connectivity index (χ1v) is 11.4. The molecular weight excluding hydrogens is 398 g/mol. The lowest BCUT2D eigenvalue weighted by Crippen LogP contribution is -2.26. The van der Waals surface area contributed by atoms with Gasteiger partial charge in [0.15, 0.2) is 17.2 Å². The van der Waals surface area contributed by atoms with Crippen LogP contribution in [0.2, 0.25) is 0 Å². The molecular formula is C18H27N5O5S. The molecule has 1 aliphatic heterocycles. The summed E-state index contributed by atoms with van der Waals surface area (Å²) in [6, 6.07) is 0. The highest BCUT2D eigenvalue weighted by atomic mass is 32.2. The highest BCUT2D eigenvalue weighted by Crippen LogP contribution is 2.31. The summed E-state index contributed by atoms with van der Waals surface area (Å²) in [7, 11) is -3.94. The van der Waals surface area contributed by atoms with Crippen LogP contribution < -0.4 is 5.73 Å². The molecule has 0 unspecified atom stereocenters. The number of unbranched alkanes of at least 4 members (excludes halogenated alkanes) is 1. The van der Waals surface area contributed by atoms with Crippen LogP contribution in [0.25, 0.3) is 11.2 Å². The standard InChI is InChI=1S/C18H27N5O5S/c1-3-4-5-12(2)14(24)9-29(25,26)27-8-13-6-7-15(28-13)23-11-22-16-17(19)20-10-21-18(16)23/h10-13,15H,3-9H2,1-2H3,(H2,19,20,21)/t12-,13-,15+/m0/s1. The van der Waals surface area contributed by atoms with E-state index in [9.17, 15) is 13.2 Å². The van der Waals surface area contributed by atoms with Crippen molar-refractivity contribution in [3.05, 3.63) is 12.7 Å². The number of hydrogen-bond donors (Lipinski definition) is 1. The van der Waals surface area contributed by atoms with Gasteiger partial charge >= 0.3 is 0 Å². The van der Waals surface area contributed by atoms with Crippen molar-refractivity contribution in [2.75, 3.05) is 18.1 Å². The van der Waals surface area contributed by atoms with E-state index in [1.165, 1.54) is 6.33 Å². The highest BCUT2D eigenvalue weighted by molar-refractivity contribution is 7.87. The molecule has 0 aromatic carbocycles. The minimum atomic E-state index is -3.94. The van der Waals surface area contributed by atoms with Gasteiger partial charge in [-0.3, -0.25) is 13.5 Å². The molecule has 2 N–H and O–H groups in total. The number of ketones is 1. The molecule has 2 aromatic rings. The van der Waals surface area contributed by atoms with Crippen LogP contribution in [0, 0.1) is 5.92 Å². The van der Waals surface area contributed by atoms with Crippen molar-refractivity contribution in [2.45, 2.75) is 58.3 Å². The lowest BCUT2D eigenvalue weighted by Gasteiger charge is -2.15. The number of anilines is 1. The number of nitrogens with zero attached hydrogens (tertiary/aromatic N) is 4. The van der Waals surface area contributed by atoms with Crippen LogP contribution in [0.5, 0.6) is 0 Å². The summed E-state index contributed by atoms with van der Waals surface area (Å²) in [6.45, 7) is 3.66. The maximum atomic E-state index is 12.2. The molecule has 0 saturated carbocycles. The zero-order valence-electron chi connectivity index (χ0n) is 16.7. The van der Waals surface area contributed by atoms with Crippen LogP contribution in [-0.2, 0) is 23.8 Å². The molecule has 11 heteroatoms. The Labute approximate surface area is 169 Å². The first-order chi connectivity index (χ1) is 13.8. The maximum Gasteiger partial charge on any atom is 0.274 e. The molecule has 0 aliphatic carbocycles. The van der Waals surface area contributed by atoms with E-state index in [0.29, 0.717) is 30.4 Å². The van der Waals surface area contributed by atoms with E-state index in [1.807, 2.05) is 6.92 Å². The van der Waals surface area contributed by atoms with Crippen molar-refractivity contribution in [2.24, 2.45) is 5.92 Å². The lowest BCUT2D eigenvalue weighted by atomic mass is 10.0. The fourth-order valence-corrected chi connectivity index (χ4v) is 4.38. The maximum absolute atomic E-state index is 12.2. The van der Waals surface area contributed by atoms with E-state index >= 15 is 0 Å². The monoisotopic (exact) mass is 425 g/mol. The summed E-state index contributed by atoms with van der Waals surface area (Å²) in [4.78, 5) is 24.4. The number of imidazole rings is 1. The Kier molecular flexibility index (Phi) is 6.81. The molecule has 1 aliphatic rings. The fourth-order valence-electron chi connectivity index (χ4n) is 3.30. The average molecular weight is 426 g/mol. The smallest absolute Gasteiger partial charge is 0.274 e. The average Bonchev–Trinajstić information content (AvgIpc) is 3.31. The van der Waals surface area contributed by atoms with E-state index in [1.54, 1.807) is 17.8 Å². The molecule has 0 amide bonds. The molecule has 1 saturated heterocycles. The van der Waals surface area contributed by atoms with Crippen molar-refractivity contribution in [1.82, 2.24) is 19.5 Å². The third-order valence-electron chi connectivity index (χ3n) is 5.08. The van der Waals surface area contributed by atoms with Crippen LogP contribution in [0.1, 0.15) is 52.2 Å². The lowest BCUT2D eigenvalue weighted by molar-refractivity contribution is -0.120. The second kappa shape index (κ2) is 9.14. The predicted molar refractivity (Wildman–Crippen MR) is 106 cm³/mol. The number of hydrogen-bond acceptors (Lipinski definition) is 9. The zero-order chi connectivity index (χ0) is 21.0. The van der Waals surface area contributed by atoms with E-state index < -0.39 is 22.0 Å². The number of carbonyl (C=O) groups is 1. The van der Waals surface area contributed by atoms with E-state index in [4.69, 9.17) is 14.7 Å². The van der Waals surface area contributed by atoms with Gasteiger partial charge in [0, 0.05) is 5.92 Å². The van der Waals surface area contributed by atoms with Gasteiger partial charge in [-0.1, -0.05) is 26.7 Å². The van der Waals surface area contributed by atoms with Crippen LogP contribution >= 0.6 is 0 Å². The quantitative estimate of drug-likeness (QED) is 0.564. The van der Waals surface area contributed by atoms with Gasteiger partial charge in [0.2, 0.25) is 0 Å². The van der Waals surface area contributed by atoms with Crippen molar-refractivity contribution in [1.29, 1.82) is 0 Å². The van der Waals surface area contributed by atoms with Gasteiger partial charge in [-0.25, -0.2) is 15.0 Å². The van der Waals surface area contributed by atoms with Crippen LogP contribution in [-0.4, -0.2) is 52.2 Å². The minimum Gasteiger partial charge on any atom is -0.382 e. The number of nitrogens with two attached hydrogens (primary N) is 1. The topological polar surface area (TPSA) is 139 Å². The fraction of sp³-hybridized carbons (Fsp3) is 0.667. The van der Waals surface area contributed by atoms with E-state index in [2.05, 4.69) is 15.0 Å². The first-order valence-electron chi connectivity index (χ1n) is 9.79. The normalized spacial score (nSPS) is 20.9. The summed E-state index contributed by atoms with van der Waals surface area (Å²) in [5, 5.41) is 0. The number of carbonyl (C=O) groups excluding carboxylic acids is 1. The van der Waals surface area contributed by atoms with Crippen molar-refractivity contribution < 1.29 is 22.1 Å². The Morgan fingerprint density at radius 1 is 1.38 bits per heavy atom. The Morgan fingerprint density at radius 3 is 2.93 bits per heavy atom. The number of ether oxygens (including phenoxy) is 1. The first kappa shape index (κ1) is 21.6. The molecule has 29 heavy (non-hydrogen) atoms. The minimum absolute atomic E-state index is 0.126. The predicted octanol–water partition coefficient (Wildman–Crippen LogP) is 1.83. The van der Waals surface area contributed by atoms with Gasteiger partial charge in [0.05, 0.1) is 19.0 Å². The molecule has 0 radical (unpaired) electrons. The van der Waals surface area contributed by atoms with E-state index in [0.717, 1.165) is 12.8 Å². The summed E-state index contributed by atoms with van der Waals surface area (Å²) in [5.74, 6) is -0.915. The SMILES string of the molecule is CCCC[C@H](C)C(=O)CS(=O)(=O)OC[C@@H]1CC[C@H](n2cnc3c(N)ncnc32)O1. The molecule has 3 atom stereocenters. The van der Waals surface area contributed by atoms with E-state index in [-0.39, 0.29) is 30.4 Å². The molecule has 10 nitrogen and oxygen atoms in total. The van der Waals surface area contributed by atoms with Crippen LogP contribution in [0.3, 0.4) is 0 Å². The summed E-state index contributed by atoms with van der Waals surface area (Å²) < 4.78 is 37.0. The Balaban J connectivity index is 1.53. The summed E-state index contributed by atoms with van der Waals surface area (Å²) in [5.41, 5.74) is 6.85. The molecule has 0 spiro atoms.